The smallest absolute Gasteiger partial charge is 0.263 e. The molecule has 2 heterocycles. The van der Waals surface area contributed by atoms with Crippen molar-refractivity contribution in [3.8, 4) is 12.3 Å². The van der Waals surface area contributed by atoms with E-state index in [0.717, 1.165) is 21.6 Å². The Labute approximate surface area is 168 Å². The van der Waals surface area contributed by atoms with Crippen LogP contribution in [-0.2, 0) is 26.0 Å². The Bertz CT molecular complexity index is 1230. The Morgan fingerprint density at radius 2 is 2.07 bits per heavy atom. The number of benzene rings is 1. The highest BCUT2D eigenvalue weighted by Crippen LogP contribution is 2.16. The van der Waals surface area contributed by atoms with Crippen LogP contribution in [0.15, 0.2) is 40.8 Å². The number of anilines is 1. The molecule has 144 valence electrons. The van der Waals surface area contributed by atoms with Gasteiger partial charge >= 0.3 is 0 Å². The van der Waals surface area contributed by atoms with E-state index in [-0.39, 0.29) is 11.7 Å². The summed E-state index contributed by atoms with van der Waals surface area (Å²) < 4.78 is 26.9. The molecule has 3 rings (SSSR count). The van der Waals surface area contributed by atoms with Crippen molar-refractivity contribution < 1.29 is 18.0 Å². The molecule has 0 aliphatic rings. The van der Waals surface area contributed by atoms with Gasteiger partial charge in [0, 0.05) is 11.6 Å². The largest absolute Gasteiger partial charge is 0.305 e. The van der Waals surface area contributed by atoms with Crippen molar-refractivity contribution in [1.29, 1.82) is 0 Å². The number of hydrogen-bond acceptors (Lipinski definition) is 7. The molecule has 0 aliphatic carbocycles. The summed E-state index contributed by atoms with van der Waals surface area (Å²) in [5, 5.41) is 4.30. The van der Waals surface area contributed by atoms with Crippen molar-refractivity contribution in [2.75, 3.05) is 16.8 Å². The number of rotatable bonds is 6. The number of amides is 2. The Balaban J connectivity index is 1.77. The van der Waals surface area contributed by atoms with Crippen molar-refractivity contribution in [3.05, 3.63) is 40.6 Å². The zero-order valence-corrected chi connectivity index (χ0v) is 16.8. The maximum atomic E-state index is 12.2. The number of para-hydroxylation sites is 1. The average molecular weight is 435 g/mol. The Morgan fingerprint density at radius 1 is 1.29 bits per heavy atom. The van der Waals surface area contributed by atoms with Gasteiger partial charge in [-0.05, 0) is 12.1 Å². The molecule has 0 radical (unpaired) electrons. The van der Waals surface area contributed by atoms with Crippen LogP contribution in [-0.4, -0.2) is 41.3 Å². The number of hydrogen-bond donors (Lipinski definition) is 1. The number of thiazole rings is 2. The van der Waals surface area contributed by atoms with Crippen LogP contribution in [0.25, 0.3) is 10.2 Å². The first kappa shape index (κ1) is 19.9. The van der Waals surface area contributed by atoms with Crippen LogP contribution in [0.4, 0.5) is 5.13 Å². The number of terminal acetylenes is 1. The second kappa shape index (κ2) is 8.47. The van der Waals surface area contributed by atoms with Gasteiger partial charge < -0.3 is 9.88 Å². The van der Waals surface area contributed by atoms with Crippen LogP contribution in [0.1, 0.15) is 0 Å². The molecule has 8 nitrogen and oxygen atoms in total. The molecule has 2 aromatic heterocycles. The molecule has 0 bridgehead atoms. The van der Waals surface area contributed by atoms with E-state index in [4.69, 9.17) is 6.42 Å². The molecular weight excluding hydrogens is 420 g/mol. The van der Waals surface area contributed by atoms with E-state index >= 15 is 0 Å². The molecule has 28 heavy (non-hydrogen) atoms. The zero-order valence-electron chi connectivity index (χ0n) is 14.4. The predicted octanol–water partition coefficient (Wildman–Crippen LogP) is 1.27. The van der Waals surface area contributed by atoms with Gasteiger partial charge in [0.15, 0.2) is 19.8 Å². The molecule has 0 fully saturated rings. The lowest BCUT2D eigenvalue weighted by molar-refractivity contribution is -0.115. The van der Waals surface area contributed by atoms with Crippen LogP contribution >= 0.6 is 22.7 Å². The van der Waals surface area contributed by atoms with Crippen LogP contribution in [0, 0.1) is 12.3 Å². The van der Waals surface area contributed by atoms with Crippen LogP contribution in [0.3, 0.4) is 0 Å². The Kier molecular flexibility index (Phi) is 6.03. The van der Waals surface area contributed by atoms with Crippen molar-refractivity contribution in [3.63, 3.8) is 0 Å². The normalized spacial score (nSPS) is 12.0. The van der Waals surface area contributed by atoms with Gasteiger partial charge in [0.1, 0.15) is 11.5 Å². The quantitative estimate of drug-likeness (QED) is 0.588. The minimum atomic E-state index is -3.98. The fraction of sp³-hybridized carbons (Fsp3) is 0.176. The molecule has 0 spiro atoms. The summed E-state index contributed by atoms with van der Waals surface area (Å²) >= 11 is 2.39. The van der Waals surface area contributed by atoms with E-state index < -0.39 is 33.2 Å². The molecule has 0 aliphatic heterocycles. The summed E-state index contributed by atoms with van der Waals surface area (Å²) in [6.45, 7) is 0.194. The van der Waals surface area contributed by atoms with Crippen molar-refractivity contribution in [2.24, 2.45) is 4.99 Å². The Morgan fingerprint density at radius 3 is 2.79 bits per heavy atom. The van der Waals surface area contributed by atoms with Gasteiger partial charge in [-0.3, -0.25) is 9.59 Å². The lowest BCUT2D eigenvalue weighted by atomic mass is 10.3. The van der Waals surface area contributed by atoms with Gasteiger partial charge in [0.2, 0.25) is 5.91 Å². The molecule has 0 saturated heterocycles. The standard InChI is InChI=1S/C17H14N4O4S3/c1-2-8-21-12-5-3-4-6-13(12)27-17(21)20-15(23)11-28(24,25)10-14(22)19-16-18-7-9-26-16/h1,3-7,9H,8,10-11H2,(H,18,19,22). The monoisotopic (exact) mass is 434 g/mol. The van der Waals surface area contributed by atoms with Crippen LogP contribution in [0.5, 0.6) is 0 Å². The Hall–Kier alpha value is -2.81. The topological polar surface area (TPSA) is 110 Å². The maximum absolute atomic E-state index is 12.2. The van der Waals surface area contributed by atoms with Crippen molar-refractivity contribution >= 4 is 59.7 Å². The number of carbonyl (C=O) groups excluding carboxylic acids is 2. The zero-order chi connectivity index (χ0) is 20.1. The molecule has 1 aromatic carbocycles. The third kappa shape index (κ3) is 4.92. The van der Waals surface area contributed by atoms with Gasteiger partial charge in [-0.2, -0.15) is 4.99 Å². The maximum Gasteiger partial charge on any atom is 0.263 e. The third-order valence-electron chi connectivity index (χ3n) is 3.43. The first-order valence-electron chi connectivity index (χ1n) is 7.87. The van der Waals surface area contributed by atoms with E-state index in [2.05, 4.69) is 21.2 Å². The summed E-state index contributed by atoms with van der Waals surface area (Å²) in [5.41, 5.74) is 0.808. The number of fused-ring (bicyclic) bond motifs is 1. The van der Waals surface area contributed by atoms with Gasteiger partial charge in [-0.1, -0.05) is 29.4 Å². The lowest BCUT2D eigenvalue weighted by Crippen LogP contribution is -2.28. The second-order valence-corrected chi connectivity index (χ2v) is 9.53. The second-order valence-electron chi connectivity index (χ2n) is 5.57. The van der Waals surface area contributed by atoms with E-state index in [9.17, 15) is 18.0 Å². The van der Waals surface area contributed by atoms with Crippen LogP contribution < -0.4 is 10.1 Å². The summed E-state index contributed by atoms with van der Waals surface area (Å²) in [4.78, 5) is 32.1. The summed E-state index contributed by atoms with van der Waals surface area (Å²) in [6, 6.07) is 7.37. The van der Waals surface area contributed by atoms with Gasteiger partial charge in [-0.15, -0.1) is 17.8 Å². The predicted molar refractivity (Wildman–Crippen MR) is 109 cm³/mol. The van der Waals surface area contributed by atoms with E-state index in [1.165, 1.54) is 17.5 Å². The van der Waals surface area contributed by atoms with Gasteiger partial charge in [-0.25, -0.2) is 13.4 Å². The molecule has 0 saturated carbocycles. The highest BCUT2D eigenvalue weighted by atomic mass is 32.2. The molecular formula is C17H14N4O4S3. The minimum absolute atomic E-state index is 0.194. The van der Waals surface area contributed by atoms with Gasteiger partial charge in [0.25, 0.3) is 5.91 Å². The summed E-state index contributed by atoms with van der Waals surface area (Å²) in [7, 11) is -3.98. The molecule has 0 unspecified atom stereocenters. The molecule has 2 amide bonds. The summed E-state index contributed by atoms with van der Waals surface area (Å²) in [5.74, 6) is -0.827. The third-order valence-corrected chi connectivity index (χ3v) is 6.57. The number of aromatic nitrogens is 2. The first-order chi connectivity index (χ1) is 13.4. The number of carbonyl (C=O) groups is 2. The number of nitrogens with zero attached hydrogens (tertiary/aromatic N) is 3. The van der Waals surface area contributed by atoms with E-state index in [1.54, 1.807) is 9.95 Å². The highest BCUT2D eigenvalue weighted by molar-refractivity contribution is 7.92. The van der Waals surface area contributed by atoms with E-state index in [0.29, 0.717) is 4.80 Å². The van der Waals surface area contributed by atoms with Gasteiger partial charge in [0.05, 0.1) is 16.8 Å². The number of nitrogens with one attached hydrogen (secondary N) is 1. The summed E-state index contributed by atoms with van der Waals surface area (Å²) in [6.07, 6.45) is 6.86. The number of sulfone groups is 1. The van der Waals surface area contributed by atoms with Crippen LogP contribution in [0.2, 0.25) is 0 Å². The van der Waals surface area contributed by atoms with E-state index in [1.807, 2.05) is 24.3 Å². The molecule has 11 heteroatoms. The molecule has 0 atom stereocenters. The SMILES string of the molecule is C#CCn1c(=NC(=O)CS(=O)(=O)CC(=O)Nc2nccs2)sc2ccccc21. The first-order valence-corrected chi connectivity index (χ1v) is 11.4. The molecule has 1 N–H and O–H groups in total. The lowest BCUT2D eigenvalue weighted by Gasteiger charge is -2.02. The molecule has 3 aromatic rings. The fourth-order valence-electron chi connectivity index (χ4n) is 2.37. The highest BCUT2D eigenvalue weighted by Gasteiger charge is 2.21. The minimum Gasteiger partial charge on any atom is -0.305 e. The van der Waals surface area contributed by atoms with Crippen molar-refractivity contribution in [1.82, 2.24) is 9.55 Å². The fourth-order valence-corrected chi connectivity index (χ4v) is 4.97. The van der Waals surface area contributed by atoms with Crippen molar-refractivity contribution in [2.45, 2.75) is 6.54 Å². The average Bonchev–Trinajstić information content (AvgIpc) is 3.22.